The zero-order valence-electron chi connectivity index (χ0n) is 16.1. The molecule has 1 aliphatic rings. The second kappa shape index (κ2) is 7.17. The van der Waals surface area contributed by atoms with E-state index >= 15 is 0 Å². The van der Waals surface area contributed by atoms with E-state index in [-0.39, 0.29) is 12.0 Å². The van der Waals surface area contributed by atoms with Gasteiger partial charge in [0, 0.05) is 29.9 Å². The highest BCUT2D eigenvalue weighted by Crippen LogP contribution is 2.34. The van der Waals surface area contributed by atoms with Crippen LogP contribution >= 0.6 is 11.8 Å². The van der Waals surface area contributed by atoms with Crippen molar-refractivity contribution in [2.24, 2.45) is 7.05 Å². The van der Waals surface area contributed by atoms with Crippen molar-refractivity contribution in [2.45, 2.75) is 56.7 Å². The van der Waals surface area contributed by atoms with Gasteiger partial charge in [-0.25, -0.2) is 4.98 Å². The number of rotatable bonds is 5. The molecule has 1 atom stereocenters. The number of aryl methyl sites for hydroxylation is 2. The minimum Gasteiger partial charge on any atom is -0.349 e. The van der Waals surface area contributed by atoms with Crippen LogP contribution in [0.15, 0.2) is 11.1 Å². The number of carbonyl (C=O) groups excluding carboxylic acids is 1. The van der Waals surface area contributed by atoms with Crippen LogP contribution in [-0.4, -0.2) is 51.0 Å². The maximum absolute atomic E-state index is 12.8. The predicted octanol–water partition coefficient (Wildman–Crippen LogP) is 2.66. The second-order valence-electron chi connectivity index (χ2n) is 7.24. The van der Waals surface area contributed by atoms with Gasteiger partial charge in [0.1, 0.15) is 6.10 Å². The number of carbonyl (C=O) groups is 1. The van der Waals surface area contributed by atoms with Crippen molar-refractivity contribution in [2.75, 3.05) is 13.2 Å². The number of aromatic nitrogens is 3. The third-order valence-electron chi connectivity index (χ3n) is 4.14. The minimum atomic E-state index is -0.596. The van der Waals surface area contributed by atoms with E-state index < -0.39 is 5.79 Å². The summed E-state index contributed by atoms with van der Waals surface area (Å²) in [5.41, 5.74) is 2.24. The fourth-order valence-electron chi connectivity index (χ4n) is 3.06. The molecule has 1 fully saturated rings. The Morgan fingerprint density at radius 3 is 2.85 bits per heavy atom. The summed E-state index contributed by atoms with van der Waals surface area (Å²) in [5, 5.41) is 8.69. The lowest BCUT2D eigenvalue weighted by atomic mass is 10.2. The van der Waals surface area contributed by atoms with Gasteiger partial charge in [0.25, 0.3) is 5.91 Å². The summed E-state index contributed by atoms with van der Waals surface area (Å²) in [6.07, 6.45) is 1.49. The first-order chi connectivity index (χ1) is 12.2. The van der Waals surface area contributed by atoms with E-state index in [1.165, 1.54) is 0 Å². The van der Waals surface area contributed by atoms with Crippen LogP contribution in [0.5, 0.6) is 0 Å². The van der Waals surface area contributed by atoms with Gasteiger partial charge in [0.05, 0.1) is 23.3 Å². The highest BCUT2D eigenvalue weighted by molar-refractivity contribution is 8.00. The molecule has 2 aromatic rings. The predicted molar refractivity (Wildman–Crippen MR) is 101 cm³/mol. The van der Waals surface area contributed by atoms with Crippen molar-refractivity contribution >= 4 is 28.7 Å². The summed E-state index contributed by atoms with van der Waals surface area (Å²) in [4.78, 5) is 18.2. The standard InChI is InChI=1S/C18H26N4O3S/c1-10(2)26-15-13(8-19-16-14(15)11(3)21-22(16)6)17(23)20-7-12-9-24-18(4,5)25-12/h8,10,12H,7,9H2,1-6H3,(H,20,23). The molecule has 8 heteroatoms. The molecule has 0 bridgehead atoms. The molecule has 7 nitrogen and oxygen atoms in total. The van der Waals surface area contributed by atoms with Crippen LogP contribution in [0.4, 0.5) is 0 Å². The summed E-state index contributed by atoms with van der Waals surface area (Å²) in [7, 11) is 1.87. The van der Waals surface area contributed by atoms with Crippen LogP contribution in [0.3, 0.4) is 0 Å². The molecular formula is C18H26N4O3S. The zero-order chi connectivity index (χ0) is 19.1. The van der Waals surface area contributed by atoms with Crippen molar-refractivity contribution in [1.29, 1.82) is 0 Å². The Kier molecular flexibility index (Phi) is 5.28. The molecule has 0 aromatic carbocycles. The highest BCUT2D eigenvalue weighted by Gasteiger charge is 2.33. The van der Waals surface area contributed by atoms with Crippen molar-refractivity contribution in [1.82, 2.24) is 20.1 Å². The Morgan fingerprint density at radius 1 is 1.50 bits per heavy atom. The summed E-state index contributed by atoms with van der Waals surface area (Å²) in [6, 6.07) is 0. The SMILES string of the molecule is Cc1nn(C)c2ncc(C(=O)NCC3COC(C)(C)O3)c(SC(C)C)c12. The Morgan fingerprint density at radius 2 is 2.23 bits per heavy atom. The van der Waals surface area contributed by atoms with E-state index in [1.807, 2.05) is 27.8 Å². The number of amides is 1. The molecule has 0 saturated carbocycles. The Bertz CT molecular complexity index is 831. The fourth-order valence-corrected chi connectivity index (χ4v) is 4.16. The maximum atomic E-state index is 12.8. The molecule has 0 radical (unpaired) electrons. The summed E-state index contributed by atoms with van der Waals surface area (Å²) in [6.45, 7) is 10.8. The molecule has 142 valence electrons. The summed E-state index contributed by atoms with van der Waals surface area (Å²) in [5.74, 6) is -0.750. The first-order valence-corrected chi connectivity index (χ1v) is 9.65. The van der Waals surface area contributed by atoms with E-state index in [1.54, 1.807) is 22.6 Å². The molecule has 1 N–H and O–H groups in total. The molecule has 3 rings (SSSR count). The van der Waals surface area contributed by atoms with Gasteiger partial charge in [-0.2, -0.15) is 5.10 Å². The van der Waals surface area contributed by atoms with Crippen LogP contribution in [0.2, 0.25) is 0 Å². The molecule has 0 spiro atoms. The van der Waals surface area contributed by atoms with Gasteiger partial charge in [-0.15, -0.1) is 11.8 Å². The fraction of sp³-hybridized carbons (Fsp3) is 0.611. The van der Waals surface area contributed by atoms with Crippen molar-refractivity contribution in [3.8, 4) is 0 Å². The normalized spacial score (nSPS) is 19.4. The van der Waals surface area contributed by atoms with Crippen molar-refractivity contribution < 1.29 is 14.3 Å². The number of pyridine rings is 1. The average Bonchev–Trinajstić information content (AvgIpc) is 3.04. The van der Waals surface area contributed by atoms with Gasteiger partial charge in [-0.1, -0.05) is 13.8 Å². The third kappa shape index (κ3) is 3.87. The van der Waals surface area contributed by atoms with Crippen molar-refractivity contribution in [3.63, 3.8) is 0 Å². The van der Waals surface area contributed by atoms with Crippen LogP contribution in [-0.2, 0) is 16.5 Å². The second-order valence-corrected chi connectivity index (χ2v) is 8.82. The number of fused-ring (bicyclic) bond motifs is 1. The number of hydrogen-bond donors (Lipinski definition) is 1. The molecular weight excluding hydrogens is 352 g/mol. The first kappa shape index (κ1) is 19.1. The van der Waals surface area contributed by atoms with Gasteiger partial charge in [-0.05, 0) is 20.8 Å². The molecule has 3 heterocycles. The number of hydrogen-bond acceptors (Lipinski definition) is 6. The van der Waals surface area contributed by atoms with E-state index in [0.29, 0.717) is 24.0 Å². The zero-order valence-corrected chi connectivity index (χ0v) is 16.9. The molecule has 26 heavy (non-hydrogen) atoms. The largest absolute Gasteiger partial charge is 0.349 e. The lowest BCUT2D eigenvalue weighted by Crippen LogP contribution is -2.34. The number of nitrogens with zero attached hydrogens (tertiary/aromatic N) is 3. The quantitative estimate of drug-likeness (QED) is 0.806. The summed E-state index contributed by atoms with van der Waals surface area (Å²) >= 11 is 1.66. The van der Waals surface area contributed by atoms with E-state index in [2.05, 4.69) is 29.2 Å². The molecule has 1 aliphatic heterocycles. The number of ether oxygens (including phenoxy) is 2. The lowest BCUT2D eigenvalue weighted by molar-refractivity contribution is -0.137. The van der Waals surface area contributed by atoms with Gasteiger partial charge in [-0.3, -0.25) is 9.48 Å². The minimum absolute atomic E-state index is 0.146. The highest BCUT2D eigenvalue weighted by atomic mass is 32.2. The Hall–Kier alpha value is -1.64. The monoisotopic (exact) mass is 378 g/mol. The molecule has 1 unspecified atom stereocenters. The maximum Gasteiger partial charge on any atom is 0.254 e. The Labute approximate surface area is 157 Å². The number of nitrogens with one attached hydrogen (secondary N) is 1. The van der Waals surface area contributed by atoms with E-state index in [4.69, 9.17) is 9.47 Å². The van der Waals surface area contributed by atoms with Crippen LogP contribution in [0, 0.1) is 6.92 Å². The topological polar surface area (TPSA) is 78.3 Å². The van der Waals surface area contributed by atoms with Crippen molar-refractivity contribution in [3.05, 3.63) is 17.5 Å². The molecule has 2 aromatic heterocycles. The smallest absolute Gasteiger partial charge is 0.254 e. The lowest BCUT2D eigenvalue weighted by Gasteiger charge is -2.18. The van der Waals surface area contributed by atoms with Gasteiger partial charge >= 0.3 is 0 Å². The average molecular weight is 378 g/mol. The van der Waals surface area contributed by atoms with Gasteiger partial charge in [0.2, 0.25) is 0 Å². The first-order valence-electron chi connectivity index (χ1n) is 8.77. The third-order valence-corrected chi connectivity index (χ3v) is 5.27. The van der Waals surface area contributed by atoms with Gasteiger partial charge < -0.3 is 14.8 Å². The van der Waals surface area contributed by atoms with E-state index in [9.17, 15) is 4.79 Å². The number of thioether (sulfide) groups is 1. The molecule has 0 aliphatic carbocycles. The molecule has 1 amide bonds. The van der Waals surface area contributed by atoms with Crippen LogP contribution < -0.4 is 5.32 Å². The summed E-state index contributed by atoms with van der Waals surface area (Å²) < 4.78 is 13.0. The molecule has 1 saturated heterocycles. The van der Waals surface area contributed by atoms with Crippen LogP contribution in [0.1, 0.15) is 43.7 Å². The Balaban J connectivity index is 1.86. The van der Waals surface area contributed by atoms with E-state index in [0.717, 1.165) is 21.6 Å². The van der Waals surface area contributed by atoms with Crippen LogP contribution in [0.25, 0.3) is 11.0 Å². The van der Waals surface area contributed by atoms with Gasteiger partial charge in [0.15, 0.2) is 11.4 Å².